The average Bonchev–Trinajstić information content (AvgIpc) is 3.33. The number of rotatable bonds is 9. The van der Waals surface area contributed by atoms with Crippen LogP contribution in [0.1, 0.15) is 6.23 Å². The van der Waals surface area contributed by atoms with Crippen LogP contribution in [0.2, 0.25) is 0 Å². The van der Waals surface area contributed by atoms with E-state index in [1.807, 2.05) is 0 Å². The first kappa shape index (κ1) is 27.0. The Balaban J connectivity index is 0.000000248. The number of hydrogen-bond donors (Lipinski definition) is 8. The largest absolute Gasteiger partial charge is 0.480 e. The van der Waals surface area contributed by atoms with Crippen LogP contribution in [0, 0.1) is 0 Å². The van der Waals surface area contributed by atoms with Gasteiger partial charge in [-0.05, 0) is 0 Å². The van der Waals surface area contributed by atoms with Gasteiger partial charge < -0.3 is 46.7 Å². The minimum atomic E-state index is -1.24. The molecule has 33 heavy (non-hydrogen) atoms. The minimum Gasteiger partial charge on any atom is -0.480 e. The first-order valence-corrected chi connectivity index (χ1v) is 11.8. The fraction of sp³-hybridized carbons (Fsp3) is 0.562. The molecule has 1 saturated heterocycles. The highest BCUT2D eigenvalue weighted by Gasteiger charge is 2.43. The van der Waals surface area contributed by atoms with Gasteiger partial charge >= 0.3 is 11.9 Å². The number of fused-ring (bicyclic) bond motifs is 1. The SMILES string of the molecule is NC(CSSC[C@H](N)C(=O)O)C(=O)O.O=c1[nH]cnc2c1ncn2[C@@H]1O[C@H](CO)[C@@H](O)[C@H]1O. The molecule has 1 aliphatic heterocycles. The third-order valence-electron chi connectivity index (χ3n) is 4.37. The van der Waals surface area contributed by atoms with Crippen molar-refractivity contribution in [3.05, 3.63) is 23.0 Å². The number of nitrogens with one attached hydrogen (secondary N) is 1. The molecule has 0 radical (unpaired) electrons. The Bertz CT molecular complexity index is 982. The zero-order chi connectivity index (χ0) is 24.7. The molecule has 3 rings (SSSR count). The topological polar surface area (TPSA) is 260 Å². The molecule has 2 aromatic heterocycles. The van der Waals surface area contributed by atoms with Gasteiger partial charge in [-0.2, -0.15) is 0 Å². The van der Waals surface area contributed by atoms with E-state index in [9.17, 15) is 24.6 Å². The Kier molecular flexibility index (Phi) is 10.0. The van der Waals surface area contributed by atoms with Crippen LogP contribution in [0.25, 0.3) is 11.2 Å². The standard InChI is InChI=1S/C10H12N4O5.C6H12N2O4S2/c15-1-4-6(16)7(17)10(19-4)14-3-13-5-8(14)11-2-12-9(5)18;7-3(5(9)10)1-13-14-2-4(8)6(11)12/h2-4,6-7,10,15-17H,1H2,(H,11,12,18);3-4H,1-2,7-8H2,(H,9,10)(H,11,12)/t4-,6-,7-,10-;3-,4?/m10/s1. The van der Waals surface area contributed by atoms with Crippen LogP contribution >= 0.6 is 21.6 Å². The van der Waals surface area contributed by atoms with Crippen molar-refractivity contribution in [2.75, 3.05) is 18.1 Å². The maximum atomic E-state index is 11.5. The number of aromatic nitrogens is 4. The summed E-state index contributed by atoms with van der Waals surface area (Å²) in [4.78, 5) is 42.3. The number of ether oxygens (including phenoxy) is 1. The first-order chi connectivity index (χ1) is 15.6. The highest BCUT2D eigenvalue weighted by Crippen LogP contribution is 2.30. The molecular weight excluding hydrogens is 484 g/mol. The fourth-order valence-corrected chi connectivity index (χ4v) is 4.77. The highest BCUT2D eigenvalue weighted by atomic mass is 33.1. The van der Waals surface area contributed by atoms with Crippen molar-refractivity contribution in [2.24, 2.45) is 11.5 Å². The first-order valence-electron chi connectivity index (χ1n) is 9.32. The summed E-state index contributed by atoms with van der Waals surface area (Å²) in [5, 5.41) is 45.5. The second-order valence-electron chi connectivity index (χ2n) is 6.74. The number of aliphatic carboxylic acids is 2. The summed E-state index contributed by atoms with van der Waals surface area (Å²) in [6.45, 7) is -0.421. The smallest absolute Gasteiger partial charge is 0.321 e. The summed E-state index contributed by atoms with van der Waals surface area (Å²) in [6.07, 6.45) is -1.78. The number of H-pyrrole nitrogens is 1. The number of aromatic amines is 1. The van der Waals surface area contributed by atoms with Gasteiger partial charge in [-0.1, -0.05) is 21.6 Å². The van der Waals surface area contributed by atoms with Crippen molar-refractivity contribution >= 4 is 44.7 Å². The average molecular weight is 509 g/mol. The molecule has 6 atom stereocenters. The van der Waals surface area contributed by atoms with Gasteiger partial charge in [0.25, 0.3) is 5.56 Å². The molecule has 0 bridgehead atoms. The Morgan fingerprint density at radius 2 is 1.70 bits per heavy atom. The number of nitrogens with two attached hydrogens (primary N) is 2. The van der Waals surface area contributed by atoms with E-state index in [1.165, 1.54) is 38.8 Å². The van der Waals surface area contributed by atoms with E-state index in [1.54, 1.807) is 0 Å². The predicted molar refractivity (Wildman–Crippen MR) is 117 cm³/mol. The molecule has 0 saturated carbocycles. The molecule has 0 aromatic carbocycles. The second-order valence-corrected chi connectivity index (χ2v) is 9.30. The molecule has 1 aliphatic rings. The van der Waals surface area contributed by atoms with Gasteiger partial charge in [0, 0.05) is 11.5 Å². The van der Waals surface area contributed by atoms with E-state index >= 15 is 0 Å². The molecular formula is C16H24N6O9S2. The van der Waals surface area contributed by atoms with Gasteiger partial charge in [0.2, 0.25) is 0 Å². The third kappa shape index (κ3) is 6.87. The summed E-state index contributed by atoms with van der Waals surface area (Å²) in [5.41, 5.74) is 10.4. The molecule has 2 aromatic rings. The normalized spacial score (nSPS) is 24.2. The summed E-state index contributed by atoms with van der Waals surface area (Å²) >= 11 is 0. The van der Waals surface area contributed by atoms with E-state index < -0.39 is 60.7 Å². The van der Waals surface area contributed by atoms with Crippen LogP contribution in [0.15, 0.2) is 17.4 Å². The van der Waals surface area contributed by atoms with Gasteiger partial charge in [-0.3, -0.25) is 19.0 Å². The van der Waals surface area contributed by atoms with Crippen LogP contribution in [0.5, 0.6) is 0 Å². The second kappa shape index (κ2) is 12.3. The van der Waals surface area contributed by atoms with Crippen LogP contribution in [0.3, 0.4) is 0 Å². The zero-order valence-electron chi connectivity index (χ0n) is 16.9. The summed E-state index contributed by atoms with van der Waals surface area (Å²) in [7, 11) is 2.41. The Morgan fingerprint density at radius 1 is 1.12 bits per heavy atom. The monoisotopic (exact) mass is 508 g/mol. The summed E-state index contributed by atoms with van der Waals surface area (Å²) < 4.78 is 6.70. The lowest BCUT2D eigenvalue weighted by atomic mass is 10.1. The van der Waals surface area contributed by atoms with Crippen LogP contribution in [-0.2, 0) is 14.3 Å². The van der Waals surface area contributed by atoms with Gasteiger partial charge in [-0.15, -0.1) is 0 Å². The van der Waals surface area contributed by atoms with Gasteiger partial charge in [-0.25, -0.2) is 9.97 Å². The van der Waals surface area contributed by atoms with E-state index in [4.69, 9.17) is 31.5 Å². The van der Waals surface area contributed by atoms with E-state index in [0.717, 1.165) is 0 Å². The van der Waals surface area contributed by atoms with Gasteiger partial charge in [0.1, 0.15) is 30.4 Å². The van der Waals surface area contributed by atoms with Crippen molar-refractivity contribution in [3.8, 4) is 0 Å². The quantitative estimate of drug-likeness (QED) is 0.123. The fourth-order valence-electron chi connectivity index (χ4n) is 2.54. The highest BCUT2D eigenvalue weighted by molar-refractivity contribution is 8.76. The number of imidazole rings is 1. The molecule has 10 N–H and O–H groups in total. The van der Waals surface area contributed by atoms with Crippen molar-refractivity contribution in [1.29, 1.82) is 0 Å². The van der Waals surface area contributed by atoms with Crippen molar-refractivity contribution in [1.82, 2.24) is 19.5 Å². The molecule has 184 valence electrons. The number of carbonyl (C=O) groups is 2. The van der Waals surface area contributed by atoms with E-state index in [0.29, 0.717) is 0 Å². The number of nitrogens with zero attached hydrogens (tertiary/aromatic N) is 3. The summed E-state index contributed by atoms with van der Waals surface area (Å²) in [5.74, 6) is -1.68. The van der Waals surface area contributed by atoms with Gasteiger partial charge in [0.15, 0.2) is 17.4 Å². The molecule has 1 unspecified atom stereocenters. The maximum absolute atomic E-state index is 11.5. The number of hydrogen-bond acceptors (Lipinski definition) is 13. The third-order valence-corrected chi connectivity index (χ3v) is 6.84. The molecule has 3 heterocycles. The molecule has 17 heteroatoms. The van der Waals surface area contributed by atoms with Crippen LogP contribution in [-0.4, -0.2) is 105 Å². The lowest BCUT2D eigenvalue weighted by molar-refractivity contribution is -0.138. The lowest BCUT2D eigenvalue weighted by Crippen LogP contribution is -2.33. The molecule has 15 nitrogen and oxygen atoms in total. The van der Waals surface area contributed by atoms with Crippen molar-refractivity contribution < 1.29 is 39.9 Å². The molecule has 0 aliphatic carbocycles. The Labute approximate surface area is 193 Å². The van der Waals surface area contributed by atoms with Crippen molar-refractivity contribution in [3.63, 3.8) is 0 Å². The van der Waals surface area contributed by atoms with Crippen LogP contribution < -0.4 is 17.0 Å². The Morgan fingerprint density at radius 3 is 2.18 bits per heavy atom. The number of carboxylic acid groups (broad SMARTS) is 2. The molecule has 0 spiro atoms. The summed E-state index contributed by atoms with van der Waals surface area (Å²) in [6, 6.07) is -1.85. The van der Waals surface area contributed by atoms with Gasteiger partial charge in [0.05, 0.1) is 19.3 Å². The number of aliphatic hydroxyl groups excluding tert-OH is 3. The van der Waals surface area contributed by atoms with Crippen molar-refractivity contribution in [2.45, 2.75) is 36.6 Å². The van der Waals surface area contributed by atoms with E-state index in [-0.39, 0.29) is 22.7 Å². The molecule has 0 amide bonds. The van der Waals surface area contributed by atoms with E-state index in [2.05, 4.69) is 15.0 Å². The van der Waals surface area contributed by atoms with Crippen LogP contribution in [0.4, 0.5) is 0 Å². The maximum Gasteiger partial charge on any atom is 0.321 e. The lowest BCUT2D eigenvalue weighted by Gasteiger charge is -2.16. The molecule has 1 fully saturated rings. The number of carboxylic acids is 2. The zero-order valence-corrected chi connectivity index (χ0v) is 18.6. The minimum absolute atomic E-state index is 0.111. The number of aliphatic hydroxyl groups is 3. The Hall–Kier alpha value is -2.25. The predicted octanol–water partition coefficient (Wildman–Crippen LogP) is -3.08.